The van der Waals surface area contributed by atoms with Crippen LogP contribution in [-0.4, -0.2) is 21.6 Å². The Morgan fingerprint density at radius 3 is 2.07 bits per heavy atom. The quantitative estimate of drug-likeness (QED) is 0.568. The van der Waals surface area contributed by atoms with Gasteiger partial charge in [-0.1, -0.05) is 26.2 Å². The van der Waals surface area contributed by atoms with Crippen molar-refractivity contribution in [2.45, 2.75) is 44.4 Å². The smallest absolute Gasteiger partial charge is 0.324 e. The van der Waals surface area contributed by atoms with Crippen LogP contribution in [0.4, 0.5) is 13.2 Å². The molecule has 0 fully saturated rings. The summed E-state index contributed by atoms with van der Waals surface area (Å²) in [4.78, 5) is 17.0. The molecule has 3 nitrogen and oxygen atoms in total. The summed E-state index contributed by atoms with van der Waals surface area (Å²) in [5.74, 6) is 0. The first-order valence-corrected chi connectivity index (χ1v) is 5.99. The van der Waals surface area contributed by atoms with E-state index in [0.717, 1.165) is 0 Å². The summed E-state index contributed by atoms with van der Waals surface area (Å²) in [6.45, 7) is 1.81. The molecular formula is C7H14F3O3P. The van der Waals surface area contributed by atoms with Crippen molar-refractivity contribution in [3.63, 3.8) is 0 Å². The molecule has 0 heterocycles. The molecule has 0 bridgehead atoms. The molecular weight excluding hydrogens is 220 g/mol. The highest BCUT2D eigenvalue weighted by atomic mass is 31.2. The molecule has 0 aromatic carbocycles. The van der Waals surface area contributed by atoms with Gasteiger partial charge in [-0.2, -0.15) is 13.2 Å². The van der Waals surface area contributed by atoms with E-state index in [1.807, 2.05) is 0 Å². The molecule has 0 amide bonds. The van der Waals surface area contributed by atoms with Crippen molar-refractivity contribution in [1.82, 2.24) is 0 Å². The fourth-order valence-corrected chi connectivity index (χ4v) is 2.01. The van der Waals surface area contributed by atoms with Crippen molar-refractivity contribution >= 4 is 7.60 Å². The van der Waals surface area contributed by atoms with E-state index < -0.39 is 25.9 Å². The predicted molar refractivity (Wildman–Crippen MR) is 46.0 cm³/mol. The number of rotatable bonds is 5. The highest BCUT2D eigenvalue weighted by molar-refractivity contribution is 7.52. The monoisotopic (exact) mass is 234 g/mol. The molecule has 86 valence electrons. The summed E-state index contributed by atoms with van der Waals surface area (Å²) in [7, 11) is -5.06. The maximum Gasteiger partial charge on any atom is 0.403 e. The maximum atomic E-state index is 12.2. The van der Waals surface area contributed by atoms with Gasteiger partial charge in [-0.15, -0.1) is 0 Å². The summed E-state index contributed by atoms with van der Waals surface area (Å²) >= 11 is 0. The molecule has 14 heavy (non-hydrogen) atoms. The van der Waals surface area contributed by atoms with Crippen molar-refractivity contribution in [2.24, 2.45) is 0 Å². The van der Waals surface area contributed by atoms with Crippen LogP contribution >= 0.6 is 7.60 Å². The van der Waals surface area contributed by atoms with E-state index in [1.165, 1.54) is 0 Å². The first-order valence-electron chi connectivity index (χ1n) is 4.31. The van der Waals surface area contributed by atoms with Gasteiger partial charge in [0.1, 0.15) is 0 Å². The lowest BCUT2D eigenvalue weighted by molar-refractivity contribution is -0.135. The maximum absolute atomic E-state index is 12.2. The van der Waals surface area contributed by atoms with Crippen LogP contribution in [0.2, 0.25) is 0 Å². The van der Waals surface area contributed by atoms with E-state index in [2.05, 4.69) is 0 Å². The van der Waals surface area contributed by atoms with Crippen molar-refractivity contribution < 1.29 is 27.5 Å². The number of unbranched alkanes of at least 4 members (excludes halogenated alkanes) is 2. The third-order valence-electron chi connectivity index (χ3n) is 1.86. The van der Waals surface area contributed by atoms with Gasteiger partial charge in [-0.3, -0.25) is 4.57 Å². The van der Waals surface area contributed by atoms with Crippen LogP contribution in [0.15, 0.2) is 0 Å². The minimum absolute atomic E-state index is 0.186. The van der Waals surface area contributed by atoms with E-state index in [4.69, 9.17) is 9.79 Å². The molecule has 2 N–H and O–H groups in total. The minimum Gasteiger partial charge on any atom is -0.324 e. The van der Waals surface area contributed by atoms with E-state index in [0.29, 0.717) is 12.8 Å². The molecule has 0 radical (unpaired) electrons. The number of alkyl halides is 3. The Morgan fingerprint density at radius 1 is 1.29 bits per heavy atom. The molecule has 0 aromatic rings. The van der Waals surface area contributed by atoms with Gasteiger partial charge in [0, 0.05) is 0 Å². The van der Waals surface area contributed by atoms with Gasteiger partial charge in [-0.05, 0) is 6.42 Å². The third-order valence-corrected chi connectivity index (χ3v) is 3.23. The van der Waals surface area contributed by atoms with Crippen LogP contribution < -0.4 is 0 Å². The molecule has 0 rings (SSSR count). The van der Waals surface area contributed by atoms with Gasteiger partial charge in [0.15, 0.2) is 5.66 Å². The van der Waals surface area contributed by atoms with Crippen molar-refractivity contribution in [3.05, 3.63) is 0 Å². The van der Waals surface area contributed by atoms with Gasteiger partial charge in [-0.25, -0.2) is 0 Å². The Bertz CT molecular complexity index is 211. The van der Waals surface area contributed by atoms with E-state index >= 15 is 0 Å². The Morgan fingerprint density at radius 2 is 1.79 bits per heavy atom. The zero-order chi connectivity index (χ0) is 11.4. The molecule has 1 unspecified atom stereocenters. The lowest BCUT2D eigenvalue weighted by Gasteiger charge is -2.20. The van der Waals surface area contributed by atoms with Gasteiger partial charge in [0.25, 0.3) is 0 Å². The summed E-state index contributed by atoms with van der Waals surface area (Å²) in [5.41, 5.74) is -2.50. The van der Waals surface area contributed by atoms with Crippen molar-refractivity contribution in [2.75, 3.05) is 0 Å². The van der Waals surface area contributed by atoms with Crippen LogP contribution in [0.3, 0.4) is 0 Å². The van der Waals surface area contributed by atoms with Crippen LogP contribution in [0.25, 0.3) is 0 Å². The highest BCUT2D eigenvalue weighted by Crippen LogP contribution is 2.51. The second kappa shape index (κ2) is 5.14. The van der Waals surface area contributed by atoms with Gasteiger partial charge in [0.2, 0.25) is 0 Å². The van der Waals surface area contributed by atoms with Crippen LogP contribution in [0, 0.1) is 0 Å². The predicted octanol–water partition coefficient (Wildman–Crippen LogP) is 2.68. The topological polar surface area (TPSA) is 57.5 Å². The minimum atomic E-state index is -5.06. The third kappa shape index (κ3) is 4.98. The molecule has 0 aliphatic rings. The van der Waals surface area contributed by atoms with Crippen LogP contribution in [0.5, 0.6) is 0 Å². The summed E-state index contributed by atoms with van der Waals surface area (Å²) in [5, 5.41) is 0. The first kappa shape index (κ1) is 13.9. The van der Waals surface area contributed by atoms with Crippen molar-refractivity contribution in [1.29, 1.82) is 0 Å². The number of halogens is 3. The normalized spacial score (nSPS) is 15.6. The lowest BCUT2D eigenvalue weighted by atomic mass is 10.1. The van der Waals surface area contributed by atoms with Crippen molar-refractivity contribution in [3.8, 4) is 0 Å². The fraction of sp³-hybridized carbons (Fsp3) is 1.00. The SMILES string of the molecule is CCCCCC(C(F)(F)F)P(=O)(O)O. The second-order valence-corrected chi connectivity index (χ2v) is 4.94. The van der Waals surface area contributed by atoms with E-state index in [9.17, 15) is 17.7 Å². The zero-order valence-electron chi connectivity index (χ0n) is 7.79. The Hall–Kier alpha value is -0.0600. The summed E-state index contributed by atoms with van der Waals surface area (Å²) < 4.78 is 47.0. The molecule has 1 atom stereocenters. The molecule has 0 saturated heterocycles. The molecule has 0 saturated carbocycles. The molecule has 0 aliphatic carbocycles. The number of hydrogen-bond acceptors (Lipinski definition) is 1. The summed E-state index contributed by atoms with van der Waals surface area (Å²) in [6.07, 6.45) is -3.86. The molecule has 0 aliphatic heterocycles. The Balaban J connectivity index is 4.36. The van der Waals surface area contributed by atoms with Gasteiger partial charge < -0.3 is 9.79 Å². The Labute approximate surface area is 80.5 Å². The van der Waals surface area contributed by atoms with E-state index in [-0.39, 0.29) is 6.42 Å². The summed E-state index contributed by atoms with van der Waals surface area (Å²) in [6, 6.07) is 0. The number of hydrogen-bond donors (Lipinski definition) is 2. The first-order chi connectivity index (χ1) is 6.19. The van der Waals surface area contributed by atoms with E-state index in [1.54, 1.807) is 6.92 Å². The van der Waals surface area contributed by atoms with Gasteiger partial charge >= 0.3 is 13.8 Å². The standard InChI is InChI=1S/C7H14F3O3P/c1-2-3-4-5-6(7(8,9)10)14(11,12)13/h6H,2-5H2,1H3,(H2,11,12,13). The average Bonchev–Trinajstić information content (AvgIpc) is 1.92. The van der Waals surface area contributed by atoms with Crippen LogP contribution in [-0.2, 0) is 4.57 Å². The molecule has 7 heteroatoms. The average molecular weight is 234 g/mol. The second-order valence-electron chi connectivity index (χ2n) is 3.14. The highest BCUT2D eigenvalue weighted by Gasteiger charge is 2.49. The molecule has 0 spiro atoms. The zero-order valence-corrected chi connectivity index (χ0v) is 8.68. The van der Waals surface area contributed by atoms with Gasteiger partial charge in [0.05, 0.1) is 0 Å². The van der Waals surface area contributed by atoms with Crippen LogP contribution in [0.1, 0.15) is 32.6 Å². The molecule has 0 aromatic heterocycles. The Kier molecular flexibility index (Phi) is 5.12. The largest absolute Gasteiger partial charge is 0.403 e. The fourth-order valence-electron chi connectivity index (χ4n) is 1.11. The lowest BCUT2D eigenvalue weighted by Crippen LogP contribution is -2.28.